The average molecular weight is 523 g/mol. The predicted molar refractivity (Wildman–Crippen MR) is 159 cm³/mol. The minimum atomic E-state index is -2.36. The van der Waals surface area contributed by atoms with Crippen LogP contribution in [0.5, 0.6) is 5.75 Å². The second-order valence-electron chi connectivity index (χ2n) is 10.9. The van der Waals surface area contributed by atoms with Gasteiger partial charge in [-0.15, -0.1) is 0 Å². The summed E-state index contributed by atoms with van der Waals surface area (Å²) >= 11 is 0. The van der Waals surface area contributed by atoms with Crippen LogP contribution < -0.4 is 4.52 Å². The van der Waals surface area contributed by atoms with E-state index in [-0.39, 0.29) is 0 Å². The molecule has 0 amide bonds. The fraction of sp³-hybridized carbons (Fsp3) is 0.812. The molecule has 3 nitrogen and oxygen atoms in total. The molecule has 0 saturated carbocycles. The smallest absolute Gasteiger partial charge is 0.391 e. The number of unbranched alkanes of at least 4 members (excludes halogenated alkanes) is 20. The third-order valence-corrected chi connectivity index (χ3v) is 7.78. The van der Waals surface area contributed by atoms with Crippen LogP contribution >= 0.6 is 8.60 Å². The third kappa shape index (κ3) is 19.5. The summed E-state index contributed by atoms with van der Waals surface area (Å²) in [5, 5.41) is 0. The molecule has 0 atom stereocenters. The summed E-state index contributed by atoms with van der Waals surface area (Å²) in [4.78, 5) is 18.7. The van der Waals surface area contributed by atoms with Gasteiger partial charge < -0.3 is 14.3 Å². The van der Waals surface area contributed by atoms with Gasteiger partial charge in [0.2, 0.25) is 0 Å². The van der Waals surface area contributed by atoms with Gasteiger partial charge in [0.1, 0.15) is 5.75 Å². The number of hydrogen-bond donors (Lipinski definition) is 2. The van der Waals surface area contributed by atoms with Crippen LogP contribution in [0, 0.1) is 0 Å². The van der Waals surface area contributed by atoms with E-state index in [2.05, 4.69) is 26.0 Å². The molecular formula is C32H59O3P. The summed E-state index contributed by atoms with van der Waals surface area (Å²) in [7, 11) is -2.36. The standard InChI is InChI=1S/C32H59O3P/c1-3-5-7-9-11-13-15-17-19-21-23-25-30-27-28-32(35-36(33)34)31(29-30)26-24-22-20-18-16-14-12-10-8-6-4-2/h27-29,33-34H,3-26H2,1-2H3. The van der Waals surface area contributed by atoms with E-state index in [9.17, 15) is 9.79 Å². The lowest BCUT2D eigenvalue weighted by atomic mass is 9.99. The van der Waals surface area contributed by atoms with E-state index >= 15 is 0 Å². The third-order valence-electron chi connectivity index (χ3n) is 7.42. The molecule has 1 aromatic carbocycles. The van der Waals surface area contributed by atoms with Gasteiger partial charge in [-0.3, -0.25) is 0 Å². The van der Waals surface area contributed by atoms with Crippen molar-refractivity contribution in [3.63, 3.8) is 0 Å². The normalized spacial score (nSPS) is 11.5. The lowest BCUT2D eigenvalue weighted by molar-refractivity contribution is 0.373. The van der Waals surface area contributed by atoms with Crippen molar-refractivity contribution in [1.82, 2.24) is 0 Å². The second-order valence-corrected chi connectivity index (χ2v) is 11.5. The molecule has 0 aliphatic carbocycles. The number of aryl methyl sites for hydroxylation is 2. The van der Waals surface area contributed by atoms with E-state index in [1.165, 1.54) is 140 Å². The Labute approximate surface area is 225 Å². The molecule has 0 unspecified atom stereocenters. The number of rotatable bonds is 26. The Morgan fingerprint density at radius 2 is 0.917 bits per heavy atom. The first-order valence-corrected chi connectivity index (χ1v) is 16.8. The quantitative estimate of drug-likeness (QED) is 0.0939. The van der Waals surface area contributed by atoms with Gasteiger partial charge in [-0.1, -0.05) is 154 Å². The Kier molecular flexibility index (Phi) is 22.9. The first kappa shape index (κ1) is 33.4. The van der Waals surface area contributed by atoms with Gasteiger partial charge in [0.25, 0.3) is 0 Å². The predicted octanol–water partition coefficient (Wildman–Crippen LogP) is 11.0. The highest BCUT2D eigenvalue weighted by Crippen LogP contribution is 2.33. The minimum absolute atomic E-state index is 0.654. The van der Waals surface area contributed by atoms with Crippen molar-refractivity contribution >= 4 is 8.60 Å². The lowest BCUT2D eigenvalue weighted by Gasteiger charge is -2.13. The fourth-order valence-electron chi connectivity index (χ4n) is 5.13. The van der Waals surface area contributed by atoms with Crippen LogP contribution in [0.25, 0.3) is 0 Å². The Balaban J connectivity index is 2.22. The molecule has 36 heavy (non-hydrogen) atoms. The molecule has 0 aliphatic heterocycles. The number of benzene rings is 1. The van der Waals surface area contributed by atoms with Crippen LogP contribution in [0.1, 0.15) is 166 Å². The van der Waals surface area contributed by atoms with Crippen LogP contribution in [0.15, 0.2) is 18.2 Å². The fourth-order valence-corrected chi connectivity index (χ4v) is 5.49. The van der Waals surface area contributed by atoms with Gasteiger partial charge in [-0.25, -0.2) is 0 Å². The molecule has 1 rings (SSSR count). The summed E-state index contributed by atoms with van der Waals surface area (Å²) in [6, 6.07) is 6.30. The van der Waals surface area contributed by atoms with Crippen LogP contribution in [0.3, 0.4) is 0 Å². The summed E-state index contributed by atoms with van der Waals surface area (Å²) in [6.45, 7) is 4.56. The molecule has 0 aromatic heterocycles. The van der Waals surface area contributed by atoms with Gasteiger partial charge in [0.15, 0.2) is 0 Å². The van der Waals surface area contributed by atoms with Crippen LogP contribution in [0.4, 0.5) is 0 Å². The van der Waals surface area contributed by atoms with E-state index in [1.807, 2.05) is 6.07 Å². The maximum absolute atomic E-state index is 9.37. The Hall–Kier alpha value is -0.630. The number of hydrogen-bond acceptors (Lipinski definition) is 3. The molecule has 0 heterocycles. The largest absolute Gasteiger partial charge is 0.427 e. The van der Waals surface area contributed by atoms with Crippen molar-refractivity contribution in [2.24, 2.45) is 0 Å². The molecule has 210 valence electrons. The Bertz CT molecular complexity index is 605. The van der Waals surface area contributed by atoms with E-state index < -0.39 is 8.60 Å². The Morgan fingerprint density at radius 3 is 1.33 bits per heavy atom. The molecule has 0 radical (unpaired) electrons. The SMILES string of the molecule is CCCCCCCCCCCCCc1ccc(OP(O)O)c(CCCCCCCCCCCCC)c1. The van der Waals surface area contributed by atoms with Crippen molar-refractivity contribution in [2.75, 3.05) is 0 Å². The zero-order valence-electron chi connectivity index (χ0n) is 24.0. The van der Waals surface area contributed by atoms with E-state index in [0.717, 1.165) is 24.8 Å². The zero-order chi connectivity index (χ0) is 26.1. The monoisotopic (exact) mass is 522 g/mol. The summed E-state index contributed by atoms with van der Waals surface area (Å²) < 4.78 is 5.34. The van der Waals surface area contributed by atoms with Crippen molar-refractivity contribution < 1.29 is 14.3 Å². The van der Waals surface area contributed by atoms with Gasteiger partial charge in [0, 0.05) is 0 Å². The topological polar surface area (TPSA) is 49.7 Å². The lowest BCUT2D eigenvalue weighted by Crippen LogP contribution is -1.96. The molecule has 1 aromatic rings. The first-order valence-electron chi connectivity index (χ1n) is 15.6. The molecule has 0 saturated heterocycles. The van der Waals surface area contributed by atoms with Crippen LogP contribution in [-0.2, 0) is 12.8 Å². The van der Waals surface area contributed by atoms with Gasteiger partial charge >= 0.3 is 8.60 Å². The van der Waals surface area contributed by atoms with Gasteiger partial charge in [0.05, 0.1) is 0 Å². The summed E-state index contributed by atoms with van der Waals surface area (Å²) in [6.07, 6.45) is 31.8. The molecule has 4 heteroatoms. The first-order chi connectivity index (χ1) is 17.7. The van der Waals surface area contributed by atoms with Crippen molar-refractivity contribution in [3.8, 4) is 5.75 Å². The maximum Gasteiger partial charge on any atom is 0.391 e. The summed E-state index contributed by atoms with van der Waals surface area (Å²) in [5.74, 6) is 0.654. The van der Waals surface area contributed by atoms with Crippen molar-refractivity contribution in [3.05, 3.63) is 29.3 Å². The molecular weight excluding hydrogens is 463 g/mol. The molecule has 2 N–H and O–H groups in total. The van der Waals surface area contributed by atoms with Gasteiger partial charge in [-0.05, 0) is 42.9 Å². The van der Waals surface area contributed by atoms with E-state index in [0.29, 0.717) is 5.75 Å². The van der Waals surface area contributed by atoms with Gasteiger partial charge in [-0.2, -0.15) is 0 Å². The zero-order valence-corrected chi connectivity index (χ0v) is 24.8. The maximum atomic E-state index is 9.37. The second kappa shape index (κ2) is 24.7. The highest BCUT2D eigenvalue weighted by Gasteiger charge is 2.10. The molecule has 0 aliphatic rings. The highest BCUT2D eigenvalue weighted by molar-refractivity contribution is 7.39. The Morgan fingerprint density at radius 1 is 0.528 bits per heavy atom. The minimum Gasteiger partial charge on any atom is -0.427 e. The van der Waals surface area contributed by atoms with E-state index in [4.69, 9.17) is 4.52 Å². The van der Waals surface area contributed by atoms with Crippen molar-refractivity contribution in [1.29, 1.82) is 0 Å². The highest BCUT2D eigenvalue weighted by atomic mass is 31.2. The summed E-state index contributed by atoms with van der Waals surface area (Å²) in [5.41, 5.74) is 2.50. The molecule has 0 fully saturated rings. The van der Waals surface area contributed by atoms with Crippen molar-refractivity contribution in [2.45, 2.75) is 168 Å². The van der Waals surface area contributed by atoms with Crippen LogP contribution in [-0.4, -0.2) is 9.79 Å². The van der Waals surface area contributed by atoms with E-state index in [1.54, 1.807) is 0 Å². The van der Waals surface area contributed by atoms with Crippen LogP contribution in [0.2, 0.25) is 0 Å². The average Bonchev–Trinajstić information content (AvgIpc) is 2.86. The molecule has 0 bridgehead atoms. The molecule has 0 spiro atoms.